The third-order valence-electron chi connectivity index (χ3n) is 3.67. The Hall–Kier alpha value is -2.44. The van der Waals surface area contributed by atoms with Gasteiger partial charge in [0, 0.05) is 28.7 Å². The van der Waals surface area contributed by atoms with Crippen molar-refractivity contribution in [1.82, 2.24) is 9.55 Å². The Morgan fingerprint density at radius 3 is 2.77 bits per heavy atom. The Labute approximate surface area is 161 Å². The fourth-order valence-corrected chi connectivity index (χ4v) is 3.32. The second-order valence-electron chi connectivity index (χ2n) is 5.49. The maximum atomic E-state index is 12.1. The van der Waals surface area contributed by atoms with Crippen LogP contribution >= 0.6 is 23.4 Å². The van der Waals surface area contributed by atoms with Crippen LogP contribution < -0.4 is 10.1 Å². The van der Waals surface area contributed by atoms with Crippen molar-refractivity contribution in [3.05, 3.63) is 71.5 Å². The zero-order chi connectivity index (χ0) is 18.4. The molecule has 0 spiro atoms. The van der Waals surface area contributed by atoms with Crippen LogP contribution in [0.3, 0.4) is 0 Å². The molecule has 0 aliphatic carbocycles. The molecular formula is C19H18ClN3O2S. The van der Waals surface area contributed by atoms with Crippen molar-refractivity contribution in [1.29, 1.82) is 0 Å². The number of rotatable bonds is 7. The van der Waals surface area contributed by atoms with Crippen LogP contribution in [0, 0.1) is 0 Å². The summed E-state index contributed by atoms with van der Waals surface area (Å²) in [7, 11) is 1.66. The average molecular weight is 388 g/mol. The first-order chi connectivity index (χ1) is 12.7. The summed E-state index contributed by atoms with van der Waals surface area (Å²) >= 11 is 7.24. The second-order valence-corrected chi connectivity index (χ2v) is 6.87. The van der Waals surface area contributed by atoms with Crippen molar-refractivity contribution in [2.75, 3.05) is 18.2 Å². The number of amides is 1. The lowest BCUT2D eigenvalue weighted by Crippen LogP contribution is -2.14. The molecule has 1 N–H and O–H groups in total. The Morgan fingerprint density at radius 2 is 2.00 bits per heavy atom. The highest BCUT2D eigenvalue weighted by Gasteiger charge is 2.10. The molecule has 0 radical (unpaired) electrons. The summed E-state index contributed by atoms with van der Waals surface area (Å²) in [6, 6.07) is 14.9. The number of thioether (sulfide) groups is 1. The topological polar surface area (TPSA) is 56.2 Å². The predicted molar refractivity (Wildman–Crippen MR) is 105 cm³/mol. The van der Waals surface area contributed by atoms with Crippen LogP contribution in [0.4, 0.5) is 5.69 Å². The number of anilines is 1. The molecule has 0 unspecified atom stereocenters. The molecule has 3 aromatic rings. The largest absolute Gasteiger partial charge is 0.496 e. The van der Waals surface area contributed by atoms with Crippen molar-refractivity contribution in [2.24, 2.45) is 0 Å². The van der Waals surface area contributed by atoms with Crippen LogP contribution in [0.2, 0.25) is 5.02 Å². The minimum atomic E-state index is -0.0934. The quantitative estimate of drug-likeness (QED) is 0.613. The zero-order valence-electron chi connectivity index (χ0n) is 14.2. The number of nitrogens with zero attached hydrogens (tertiary/aromatic N) is 2. The van der Waals surface area contributed by atoms with Gasteiger partial charge in [-0.05, 0) is 30.3 Å². The van der Waals surface area contributed by atoms with Gasteiger partial charge >= 0.3 is 0 Å². The average Bonchev–Trinajstić information content (AvgIpc) is 3.09. The predicted octanol–water partition coefficient (Wildman–Crippen LogP) is 4.32. The van der Waals surface area contributed by atoms with Gasteiger partial charge < -0.3 is 14.6 Å². The molecule has 7 heteroatoms. The number of hydrogen-bond acceptors (Lipinski definition) is 4. The van der Waals surface area contributed by atoms with Gasteiger partial charge in [-0.25, -0.2) is 4.98 Å². The van der Waals surface area contributed by atoms with E-state index >= 15 is 0 Å². The monoisotopic (exact) mass is 387 g/mol. The summed E-state index contributed by atoms with van der Waals surface area (Å²) in [5, 5.41) is 4.26. The maximum Gasteiger partial charge on any atom is 0.234 e. The third kappa shape index (κ3) is 4.80. The molecule has 134 valence electrons. The number of imidazole rings is 1. The first-order valence-corrected chi connectivity index (χ1v) is 9.33. The number of methoxy groups -OCH3 is 1. The Morgan fingerprint density at radius 1 is 1.23 bits per heavy atom. The SMILES string of the molecule is COc1ccccc1Cn1ccnc1SCC(=O)Nc1ccc(Cl)cc1. The molecule has 1 amide bonds. The molecule has 2 aromatic carbocycles. The molecule has 0 aliphatic rings. The minimum Gasteiger partial charge on any atom is -0.496 e. The number of hydrogen-bond donors (Lipinski definition) is 1. The number of carbonyl (C=O) groups is 1. The van der Waals surface area contributed by atoms with E-state index in [2.05, 4.69) is 10.3 Å². The Balaban J connectivity index is 1.60. The van der Waals surface area contributed by atoms with E-state index < -0.39 is 0 Å². The lowest BCUT2D eigenvalue weighted by Gasteiger charge is -2.11. The molecule has 26 heavy (non-hydrogen) atoms. The lowest BCUT2D eigenvalue weighted by atomic mass is 10.2. The van der Waals surface area contributed by atoms with E-state index in [4.69, 9.17) is 16.3 Å². The van der Waals surface area contributed by atoms with E-state index in [1.807, 2.05) is 35.0 Å². The van der Waals surface area contributed by atoms with Gasteiger partial charge in [0.05, 0.1) is 19.4 Å². The molecule has 0 aliphatic heterocycles. The standard InChI is InChI=1S/C19H18ClN3O2S/c1-25-17-5-3-2-4-14(17)12-23-11-10-21-19(23)26-13-18(24)22-16-8-6-15(20)7-9-16/h2-11H,12-13H2,1H3,(H,22,24). The fourth-order valence-electron chi connectivity index (χ4n) is 2.43. The van der Waals surface area contributed by atoms with Gasteiger partial charge in [-0.3, -0.25) is 4.79 Å². The van der Waals surface area contributed by atoms with Crippen LogP contribution in [-0.4, -0.2) is 28.3 Å². The Kier molecular flexibility index (Phi) is 6.20. The van der Waals surface area contributed by atoms with Crippen molar-refractivity contribution < 1.29 is 9.53 Å². The maximum absolute atomic E-state index is 12.1. The van der Waals surface area contributed by atoms with Gasteiger partial charge in [-0.2, -0.15) is 0 Å². The van der Waals surface area contributed by atoms with E-state index in [0.29, 0.717) is 11.6 Å². The van der Waals surface area contributed by atoms with E-state index in [9.17, 15) is 4.79 Å². The highest BCUT2D eigenvalue weighted by Crippen LogP contribution is 2.22. The first kappa shape index (κ1) is 18.4. The molecule has 0 saturated heterocycles. The molecule has 1 heterocycles. The van der Waals surface area contributed by atoms with Crippen LogP contribution in [0.1, 0.15) is 5.56 Å². The first-order valence-electron chi connectivity index (χ1n) is 7.97. The molecule has 3 rings (SSSR count). The van der Waals surface area contributed by atoms with Gasteiger partial charge in [0.1, 0.15) is 5.75 Å². The van der Waals surface area contributed by atoms with Crippen LogP contribution in [0.15, 0.2) is 66.1 Å². The summed E-state index contributed by atoms with van der Waals surface area (Å²) in [6.45, 7) is 0.630. The van der Waals surface area contributed by atoms with Gasteiger partial charge in [0.2, 0.25) is 5.91 Å². The highest BCUT2D eigenvalue weighted by molar-refractivity contribution is 7.99. The molecule has 1 aromatic heterocycles. The van der Waals surface area contributed by atoms with Gasteiger partial charge in [-0.15, -0.1) is 0 Å². The minimum absolute atomic E-state index is 0.0934. The molecule has 0 atom stereocenters. The molecular weight excluding hydrogens is 370 g/mol. The van der Waals surface area contributed by atoms with E-state index in [1.54, 1.807) is 37.6 Å². The Bertz CT molecular complexity index is 881. The summed E-state index contributed by atoms with van der Waals surface area (Å²) in [6.07, 6.45) is 3.63. The zero-order valence-corrected chi connectivity index (χ0v) is 15.8. The van der Waals surface area contributed by atoms with E-state index in [-0.39, 0.29) is 11.7 Å². The van der Waals surface area contributed by atoms with Crippen LogP contribution in [0.25, 0.3) is 0 Å². The van der Waals surface area contributed by atoms with Crippen molar-refractivity contribution >= 4 is 35.0 Å². The summed E-state index contributed by atoms with van der Waals surface area (Å²) in [5.74, 6) is 1.01. The summed E-state index contributed by atoms with van der Waals surface area (Å²) in [4.78, 5) is 16.5. The highest BCUT2D eigenvalue weighted by atomic mass is 35.5. The van der Waals surface area contributed by atoms with Crippen molar-refractivity contribution in [3.63, 3.8) is 0 Å². The molecule has 0 fully saturated rings. The third-order valence-corrected chi connectivity index (χ3v) is 4.93. The molecule has 0 bridgehead atoms. The van der Waals surface area contributed by atoms with Crippen LogP contribution in [0.5, 0.6) is 5.75 Å². The number of para-hydroxylation sites is 1. The molecule has 0 saturated carbocycles. The fraction of sp³-hybridized carbons (Fsp3) is 0.158. The summed E-state index contributed by atoms with van der Waals surface area (Å²) < 4.78 is 7.39. The lowest BCUT2D eigenvalue weighted by molar-refractivity contribution is -0.113. The number of halogens is 1. The number of aromatic nitrogens is 2. The number of benzene rings is 2. The van der Waals surface area contributed by atoms with Crippen molar-refractivity contribution in [2.45, 2.75) is 11.7 Å². The van der Waals surface area contributed by atoms with Crippen molar-refractivity contribution in [3.8, 4) is 5.75 Å². The van der Waals surface area contributed by atoms with Crippen LogP contribution in [-0.2, 0) is 11.3 Å². The second kappa shape index (κ2) is 8.78. The molecule has 5 nitrogen and oxygen atoms in total. The van der Waals surface area contributed by atoms with Gasteiger partial charge in [0.25, 0.3) is 0 Å². The van der Waals surface area contributed by atoms with E-state index in [0.717, 1.165) is 22.2 Å². The number of ether oxygens (including phenoxy) is 1. The smallest absolute Gasteiger partial charge is 0.234 e. The van der Waals surface area contributed by atoms with Gasteiger partial charge in [-0.1, -0.05) is 41.6 Å². The van der Waals surface area contributed by atoms with Gasteiger partial charge in [0.15, 0.2) is 5.16 Å². The van der Waals surface area contributed by atoms with E-state index in [1.165, 1.54) is 11.8 Å². The number of carbonyl (C=O) groups excluding carboxylic acids is 1. The normalized spacial score (nSPS) is 10.5. The number of nitrogens with one attached hydrogen (secondary N) is 1. The summed E-state index contributed by atoms with van der Waals surface area (Å²) in [5.41, 5.74) is 1.78.